The van der Waals surface area contributed by atoms with Crippen LogP contribution in [0.5, 0.6) is 5.75 Å². The molecular weight excluding hydrogens is 430 g/mol. The largest absolute Gasteiger partial charge is 0.489 e. The molecule has 0 saturated carbocycles. The van der Waals surface area contributed by atoms with E-state index in [0.29, 0.717) is 42.6 Å². The highest BCUT2D eigenvalue weighted by atomic mass is 16.5. The van der Waals surface area contributed by atoms with Gasteiger partial charge in [-0.3, -0.25) is 4.79 Å². The van der Waals surface area contributed by atoms with E-state index >= 15 is 0 Å². The van der Waals surface area contributed by atoms with Gasteiger partial charge in [0, 0.05) is 36.3 Å². The Hall–Kier alpha value is -3.70. The molecule has 4 rings (SSSR count). The number of carbonyl (C=O) groups excluding carboxylic acids is 1. The number of hydrogen-bond acceptors (Lipinski definition) is 7. The van der Waals surface area contributed by atoms with Gasteiger partial charge in [-0.05, 0) is 50.6 Å². The van der Waals surface area contributed by atoms with Crippen LogP contribution in [0.4, 0.5) is 5.82 Å². The summed E-state index contributed by atoms with van der Waals surface area (Å²) in [6.45, 7) is 5.25. The lowest BCUT2D eigenvalue weighted by Crippen LogP contribution is -2.35. The average Bonchev–Trinajstić information content (AvgIpc) is 2.85. The Bertz CT molecular complexity index is 1130. The van der Waals surface area contributed by atoms with Crippen LogP contribution in [0.1, 0.15) is 38.7 Å². The van der Waals surface area contributed by atoms with Crippen molar-refractivity contribution < 1.29 is 14.3 Å². The number of anilines is 1. The van der Waals surface area contributed by atoms with Gasteiger partial charge in [-0.25, -0.2) is 9.97 Å². The first-order chi connectivity index (χ1) is 16.5. The van der Waals surface area contributed by atoms with Crippen molar-refractivity contribution in [3.63, 3.8) is 0 Å². The van der Waals surface area contributed by atoms with Crippen molar-refractivity contribution in [2.24, 2.45) is 5.92 Å². The summed E-state index contributed by atoms with van der Waals surface area (Å²) in [7, 11) is 0. The Labute approximate surface area is 199 Å². The van der Waals surface area contributed by atoms with Crippen LogP contribution >= 0.6 is 0 Å². The van der Waals surface area contributed by atoms with Crippen LogP contribution in [-0.4, -0.2) is 41.2 Å². The lowest BCUT2D eigenvalue weighted by molar-refractivity contribution is -0.124. The number of benzene rings is 1. The van der Waals surface area contributed by atoms with Gasteiger partial charge >= 0.3 is 0 Å². The Balaban J connectivity index is 1.43. The summed E-state index contributed by atoms with van der Waals surface area (Å²) in [5, 5.41) is 15.9. The third kappa shape index (κ3) is 6.00. The topological polar surface area (TPSA) is 109 Å². The Morgan fingerprint density at radius 1 is 1.26 bits per heavy atom. The highest BCUT2D eigenvalue weighted by Gasteiger charge is 2.19. The molecule has 2 aliphatic rings. The summed E-state index contributed by atoms with van der Waals surface area (Å²) < 4.78 is 11.4. The van der Waals surface area contributed by atoms with Crippen LogP contribution in [0.25, 0.3) is 11.4 Å². The van der Waals surface area contributed by atoms with Crippen LogP contribution in [0.15, 0.2) is 54.4 Å². The predicted octanol–water partition coefficient (Wildman–Crippen LogP) is 3.97. The van der Waals surface area contributed by atoms with E-state index in [1.807, 2.05) is 44.2 Å². The number of amides is 1. The summed E-state index contributed by atoms with van der Waals surface area (Å²) in [6.07, 6.45) is 9.77. The first-order valence-corrected chi connectivity index (χ1v) is 11.6. The number of allylic oxidation sites excluding steroid dienone is 2. The number of nitrogens with one attached hydrogen (secondary N) is 2. The van der Waals surface area contributed by atoms with Crippen LogP contribution in [0.3, 0.4) is 0 Å². The zero-order valence-electron chi connectivity index (χ0n) is 19.5. The van der Waals surface area contributed by atoms with Crippen LogP contribution in [0.2, 0.25) is 0 Å². The van der Waals surface area contributed by atoms with Crippen LogP contribution in [-0.2, 0) is 9.53 Å². The minimum atomic E-state index is -0.166. The molecule has 0 bridgehead atoms. The Morgan fingerprint density at radius 2 is 2.09 bits per heavy atom. The van der Waals surface area contributed by atoms with E-state index in [-0.39, 0.29) is 24.0 Å². The fourth-order valence-electron chi connectivity index (χ4n) is 3.85. The fourth-order valence-corrected chi connectivity index (χ4v) is 3.85. The van der Waals surface area contributed by atoms with E-state index in [0.717, 1.165) is 24.1 Å². The fraction of sp³-hybridized carbons (Fsp3) is 0.385. The maximum Gasteiger partial charge on any atom is 0.227 e. The molecule has 176 valence electrons. The van der Waals surface area contributed by atoms with Gasteiger partial charge in [0.05, 0.1) is 24.7 Å². The van der Waals surface area contributed by atoms with Gasteiger partial charge in [0.1, 0.15) is 23.7 Å². The number of rotatable bonds is 7. The number of hydrogen-bond donors (Lipinski definition) is 2. The van der Waals surface area contributed by atoms with Crippen molar-refractivity contribution >= 4 is 11.7 Å². The third-order valence-electron chi connectivity index (χ3n) is 5.62. The summed E-state index contributed by atoms with van der Waals surface area (Å²) >= 11 is 0. The number of carbonyl (C=O) groups is 1. The standard InChI is InChI=1S/C26H29N5O3/c1-17(2)29-26(32)18-3-6-21(7-4-18)30-24-9-12-28-25(31-24)19-5-8-23(20(15-19)16-27)34-22-10-13-33-14-11-22/h3,5-9,12,15,17-18,22H,4,10-11,13-14H2,1-2H3,(H,29,32)(H,28,30,31). The van der Waals surface area contributed by atoms with E-state index in [1.54, 1.807) is 18.3 Å². The monoisotopic (exact) mass is 459 g/mol. The third-order valence-corrected chi connectivity index (χ3v) is 5.62. The first-order valence-electron chi connectivity index (χ1n) is 11.6. The number of aromatic nitrogens is 2. The van der Waals surface area contributed by atoms with Gasteiger partial charge in [0.25, 0.3) is 0 Å². The van der Waals surface area contributed by atoms with Gasteiger partial charge < -0.3 is 20.1 Å². The van der Waals surface area contributed by atoms with Crippen molar-refractivity contribution in [1.29, 1.82) is 5.26 Å². The molecule has 1 fully saturated rings. The van der Waals surface area contributed by atoms with Crippen LogP contribution in [0, 0.1) is 17.2 Å². The van der Waals surface area contributed by atoms with Crippen molar-refractivity contribution in [2.75, 3.05) is 18.5 Å². The molecule has 1 aliphatic carbocycles. The predicted molar refractivity (Wildman–Crippen MR) is 129 cm³/mol. The van der Waals surface area contributed by atoms with E-state index in [2.05, 4.69) is 26.7 Å². The average molecular weight is 460 g/mol. The summed E-state index contributed by atoms with van der Waals surface area (Å²) in [5.74, 6) is 1.57. The second-order valence-electron chi connectivity index (χ2n) is 8.67. The van der Waals surface area contributed by atoms with Gasteiger partial charge in [-0.1, -0.05) is 12.2 Å². The Morgan fingerprint density at radius 3 is 2.79 bits per heavy atom. The van der Waals surface area contributed by atoms with Gasteiger partial charge in [0.2, 0.25) is 5.91 Å². The van der Waals surface area contributed by atoms with Crippen molar-refractivity contribution in [1.82, 2.24) is 15.3 Å². The minimum Gasteiger partial charge on any atom is -0.489 e. The molecule has 0 radical (unpaired) electrons. The summed E-state index contributed by atoms with van der Waals surface area (Å²) in [4.78, 5) is 21.2. The van der Waals surface area contributed by atoms with E-state index in [9.17, 15) is 10.1 Å². The quantitative estimate of drug-likeness (QED) is 0.645. The van der Waals surface area contributed by atoms with Gasteiger partial charge in [-0.2, -0.15) is 5.26 Å². The molecule has 2 aromatic rings. The molecule has 1 unspecified atom stereocenters. The van der Waals surface area contributed by atoms with E-state index in [1.165, 1.54) is 0 Å². The molecule has 1 atom stereocenters. The molecule has 1 amide bonds. The Kier molecular flexibility index (Phi) is 7.55. The molecular formula is C26H29N5O3. The summed E-state index contributed by atoms with van der Waals surface area (Å²) in [5.41, 5.74) is 2.06. The van der Waals surface area contributed by atoms with Crippen LogP contribution < -0.4 is 15.4 Å². The molecule has 8 nitrogen and oxygen atoms in total. The second-order valence-corrected chi connectivity index (χ2v) is 8.67. The lowest BCUT2D eigenvalue weighted by atomic mass is 9.98. The molecule has 34 heavy (non-hydrogen) atoms. The van der Waals surface area contributed by atoms with E-state index < -0.39 is 0 Å². The molecule has 1 aliphatic heterocycles. The summed E-state index contributed by atoms with van der Waals surface area (Å²) in [6, 6.07) is 9.55. The van der Waals surface area contributed by atoms with Gasteiger partial charge in [0.15, 0.2) is 5.82 Å². The maximum absolute atomic E-state index is 12.2. The zero-order valence-corrected chi connectivity index (χ0v) is 19.5. The molecule has 1 saturated heterocycles. The maximum atomic E-state index is 12.2. The molecule has 1 aromatic heterocycles. The zero-order chi connectivity index (χ0) is 23.9. The second kappa shape index (κ2) is 10.9. The normalized spacial score (nSPS) is 18.2. The molecule has 1 aromatic carbocycles. The van der Waals surface area contributed by atoms with E-state index in [4.69, 9.17) is 9.47 Å². The van der Waals surface area contributed by atoms with Crippen molar-refractivity contribution in [3.8, 4) is 23.2 Å². The highest BCUT2D eigenvalue weighted by Crippen LogP contribution is 2.27. The minimum absolute atomic E-state index is 0.0309. The smallest absolute Gasteiger partial charge is 0.227 e. The SMILES string of the molecule is CC(C)NC(=O)C1C=CC(Nc2ccnc(-c3ccc(OC4CCOCC4)c(C#N)c3)n2)=CC1. The van der Waals surface area contributed by atoms with Crippen molar-refractivity contribution in [3.05, 3.63) is 60.0 Å². The number of nitrogens with zero attached hydrogens (tertiary/aromatic N) is 3. The number of nitriles is 1. The van der Waals surface area contributed by atoms with Gasteiger partial charge in [-0.15, -0.1) is 0 Å². The molecule has 2 heterocycles. The number of ether oxygens (including phenoxy) is 2. The lowest BCUT2D eigenvalue weighted by Gasteiger charge is -2.23. The molecule has 8 heteroatoms. The highest BCUT2D eigenvalue weighted by molar-refractivity contribution is 5.81. The molecule has 0 spiro atoms. The first kappa shape index (κ1) is 23.5. The van der Waals surface area contributed by atoms with Crippen molar-refractivity contribution in [2.45, 2.75) is 45.3 Å². The molecule has 2 N–H and O–H groups in total.